The summed E-state index contributed by atoms with van der Waals surface area (Å²) < 4.78 is 17.7. The van der Waals surface area contributed by atoms with E-state index < -0.39 is 8.32 Å². The second-order valence-corrected chi connectivity index (χ2v) is 12.5. The van der Waals surface area contributed by atoms with Gasteiger partial charge in [-0.3, -0.25) is 0 Å². The third-order valence-electron chi connectivity index (χ3n) is 4.89. The highest BCUT2D eigenvalue weighted by Crippen LogP contribution is 2.45. The van der Waals surface area contributed by atoms with Crippen LogP contribution in [0.2, 0.25) is 16.6 Å². The summed E-state index contributed by atoms with van der Waals surface area (Å²) in [6, 6.07) is 6.20. The van der Waals surface area contributed by atoms with Crippen molar-refractivity contribution in [3.63, 3.8) is 0 Å². The van der Waals surface area contributed by atoms with Crippen molar-refractivity contribution in [2.75, 3.05) is 13.7 Å². The predicted molar refractivity (Wildman–Crippen MR) is 93.4 cm³/mol. The van der Waals surface area contributed by atoms with E-state index in [1.165, 1.54) is 5.56 Å². The summed E-state index contributed by atoms with van der Waals surface area (Å²) >= 11 is 0. The van der Waals surface area contributed by atoms with Gasteiger partial charge in [-0.1, -0.05) is 47.6 Å². The predicted octanol–water partition coefficient (Wildman–Crippen LogP) is 5.32. The Bertz CT molecular complexity index is 485. The van der Waals surface area contributed by atoms with Crippen LogP contribution in [0.5, 0.6) is 11.5 Å². The summed E-state index contributed by atoms with van der Waals surface area (Å²) in [6.07, 6.45) is 0.237. The molecule has 1 saturated heterocycles. The molecule has 0 bridgehead atoms. The second kappa shape index (κ2) is 6.63. The van der Waals surface area contributed by atoms with Crippen molar-refractivity contribution in [2.24, 2.45) is 0 Å². The monoisotopic (exact) mass is 322 g/mol. The lowest BCUT2D eigenvalue weighted by molar-refractivity contribution is 0.380. The summed E-state index contributed by atoms with van der Waals surface area (Å²) in [6.45, 7) is 14.6. The van der Waals surface area contributed by atoms with E-state index in [-0.39, 0.29) is 6.10 Å². The normalized spacial score (nSPS) is 18.2. The summed E-state index contributed by atoms with van der Waals surface area (Å²) in [5.41, 5.74) is 2.81. The van der Waals surface area contributed by atoms with Gasteiger partial charge in [0, 0.05) is 0 Å². The van der Waals surface area contributed by atoms with Crippen molar-refractivity contribution < 1.29 is 13.9 Å². The molecular weight excluding hydrogens is 292 g/mol. The first-order chi connectivity index (χ1) is 10.3. The van der Waals surface area contributed by atoms with Crippen LogP contribution in [0.15, 0.2) is 18.2 Å². The minimum atomic E-state index is -1.97. The van der Waals surface area contributed by atoms with Crippen LogP contribution in [0.3, 0.4) is 0 Å². The number of benzene rings is 1. The van der Waals surface area contributed by atoms with Crippen LogP contribution in [0.1, 0.15) is 53.2 Å². The number of hydrogen-bond acceptors (Lipinski definition) is 3. The minimum Gasteiger partial charge on any atom is -0.540 e. The van der Waals surface area contributed by atoms with Gasteiger partial charge < -0.3 is 13.9 Å². The van der Waals surface area contributed by atoms with Gasteiger partial charge >= 0.3 is 0 Å². The number of epoxide rings is 1. The molecule has 0 radical (unpaired) electrons. The van der Waals surface area contributed by atoms with E-state index in [9.17, 15) is 0 Å². The number of methoxy groups -OCH3 is 1. The molecule has 1 aromatic rings. The van der Waals surface area contributed by atoms with Crippen LogP contribution in [0, 0.1) is 0 Å². The number of ether oxygens (including phenoxy) is 2. The molecule has 3 nitrogen and oxygen atoms in total. The SMILES string of the molecule is COc1ccc([C@H]2CO2)cc1O[Si](C(C)C)(C(C)C)C(C)C. The highest BCUT2D eigenvalue weighted by molar-refractivity contribution is 6.78. The lowest BCUT2D eigenvalue weighted by atomic mass is 10.1. The Balaban J connectivity index is 2.42. The van der Waals surface area contributed by atoms with Gasteiger partial charge in [-0.25, -0.2) is 0 Å². The molecule has 1 heterocycles. The summed E-state index contributed by atoms with van der Waals surface area (Å²) in [7, 11) is -0.267. The quantitative estimate of drug-likeness (QED) is 0.503. The van der Waals surface area contributed by atoms with Gasteiger partial charge in [-0.2, -0.15) is 0 Å². The molecule has 2 rings (SSSR count). The van der Waals surface area contributed by atoms with Crippen LogP contribution >= 0.6 is 0 Å². The number of rotatable bonds is 7. The zero-order chi connectivity index (χ0) is 16.5. The number of hydrogen-bond donors (Lipinski definition) is 0. The minimum absolute atomic E-state index is 0.237. The molecule has 0 saturated carbocycles. The smallest absolute Gasteiger partial charge is 0.258 e. The van der Waals surface area contributed by atoms with Crippen molar-refractivity contribution in [2.45, 2.75) is 64.3 Å². The van der Waals surface area contributed by atoms with Crippen molar-refractivity contribution >= 4 is 8.32 Å². The van der Waals surface area contributed by atoms with E-state index in [1.54, 1.807) is 7.11 Å². The molecule has 0 spiro atoms. The average molecular weight is 323 g/mol. The third-order valence-corrected chi connectivity index (χ3v) is 10.9. The zero-order valence-corrected chi connectivity index (χ0v) is 16.0. The third kappa shape index (κ3) is 3.18. The van der Waals surface area contributed by atoms with Gasteiger partial charge in [-0.15, -0.1) is 0 Å². The fourth-order valence-corrected chi connectivity index (χ4v) is 9.01. The van der Waals surface area contributed by atoms with E-state index >= 15 is 0 Å². The maximum Gasteiger partial charge on any atom is 0.258 e. The van der Waals surface area contributed by atoms with E-state index in [4.69, 9.17) is 13.9 Å². The van der Waals surface area contributed by atoms with Crippen LogP contribution in [0.25, 0.3) is 0 Å². The Morgan fingerprint density at radius 3 is 1.95 bits per heavy atom. The molecule has 4 heteroatoms. The molecule has 1 aliphatic heterocycles. The first kappa shape index (κ1) is 17.4. The van der Waals surface area contributed by atoms with Crippen molar-refractivity contribution in [1.29, 1.82) is 0 Å². The van der Waals surface area contributed by atoms with Crippen molar-refractivity contribution in [3.8, 4) is 11.5 Å². The molecule has 0 aromatic heterocycles. The Morgan fingerprint density at radius 1 is 1.00 bits per heavy atom. The molecule has 1 fully saturated rings. The van der Waals surface area contributed by atoms with Crippen LogP contribution in [-0.2, 0) is 4.74 Å². The molecule has 0 aliphatic carbocycles. The first-order valence-electron chi connectivity index (χ1n) is 8.31. The Kier molecular flexibility index (Phi) is 5.23. The van der Waals surface area contributed by atoms with Gasteiger partial charge in [-0.05, 0) is 34.3 Å². The van der Waals surface area contributed by atoms with Gasteiger partial charge in [0.1, 0.15) is 11.9 Å². The zero-order valence-electron chi connectivity index (χ0n) is 15.0. The van der Waals surface area contributed by atoms with Crippen LogP contribution in [0.4, 0.5) is 0 Å². The molecule has 1 aliphatic rings. The van der Waals surface area contributed by atoms with E-state index in [1.807, 2.05) is 6.07 Å². The maximum absolute atomic E-state index is 6.79. The lowest BCUT2D eigenvalue weighted by Gasteiger charge is -2.42. The first-order valence-corrected chi connectivity index (χ1v) is 10.5. The molecule has 0 unspecified atom stereocenters. The Morgan fingerprint density at radius 2 is 1.55 bits per heavy atom. The molecular formula is C18H30O3Si. The Hall–Kier alpha value is -1.00. The average Bonchev–Trinajstić information content (AvgIpc) is 3.27. The van der Waals surface area contributed by atoms with Gasteiger partial charge in [0.2, 0.25) is 0 Å². The molecule has 124 valence electrons. The summed E-state index contributed by atoms with van der Waals surface area (Å²) in [5, 5.41) is 0. The van der Waals surface area contributed by atoms with E-state index in [0.717, 1.165) is 18.1 Å². The molecule has 1 atom stereocenters. The fraction of sp³-hybridized carbons (Fsp3) is 0.667. The molecule has 0 N–H and O–H groups in total. The fourth-order valence-electron chi connectivity index (χ4n) is 3.76. The van der Waals surface area contributed by atoms with Crippen LogP contribution in [-0.4, -0.2) is 22.0 Å². The Labute approximate surface area is 136 Å². The standard InChI is InChI=1S/C18H30O3Si/c1-12(2)22(13(3)4,14(5)6)21-17-10-15(18-11-20-18)8-9-16(17)19-7/h8-10,12-14,18H,11H2,1-7H3/t18-/m1/s1. The molecule has 1 aromatic carbocycles. The lowest BCUT2D eigenvalue weighted by Crippen LogP contribution is -2.50. The van der Waals surface area contributed by atoms with Gasteiger partial charge in [0.25, 0.3) is 8.32 Å². The highest BCUT2D eigenvalue weighted by Gasteiger charge is 2.47. The molecule has 22 heavy (non-hydrogen) atoms. The maximum atomic E-state index is 6.79. The second-order valence-electron chi connectivity index (χ2n) is 7.15. The highest BCUT2D eigenvalue weighted by atomic mass is 28.4. The van der Waals surface area contributed by atoms with E-state index in [2.05, 4.69) is 53.7 Å². The molecule has 0 amide bonds. The topological polar surface area (TPSA) is 31.0 Å². The van der Waals surface area contributed by atoms with Gasteiger partial charge in [0.15, 0.2) is 5.75 Å². The van der Waals surface area contributed by atoms with Crippen LogP contribution < -0.4 is 9.16 Å². The van der Waals surface area contributed by atoms with E-state index in [0.29, 0.717) is 16.6 Å². The largest absolute Gasteiger partial charge is 0.540 e. The summed E-state index contributed by atoms with van der Waals surface area (Å²) in [4.78, 5) is 0. The summed E-state index contributed by atoms with van der Waals surface area (Å²) in [5.74, 6) is 1.71. The van der Waals surface area contributed by atoms with Crippen molar-refractivity contribution in [3.05, 3.63) is 23.8 Å². The van der Waals surface area contributed by atoms with Crippen molar-refractivity contribution in [1.82, 2.24) is 0 Å². The van der Waals surface area contributed by atoms with Gasteiger partial charge in [0.05, 0.1) is 13.7 Å².